The van der Waals surface area contributed by atoms with Crippen molar-refractivity contribution in [1.29, 1.82) is 0 Å². The molecule has 0 radical (unpaired) electrons. The summed E-state index contributed by atoms with van der Waals surface area (Å²) in [5.74, 6) is 0.687. The summed E-state index contributed by atoms with van der Waals surface area (Å²) < 4.78 is 37.0. The number of alkyl halides is 3. The molecule has 1 aromatic carbocycles. The van der Waals surface area contributed by atoms with Crippen LogP contribution in [-0.4, -0.2) is 19.6 Å². The molecule has 100 valence electrons. The van der Waals surface area contributed by atoms with Crippen molar-refractivity contribution < 1.29 is 13.2 Å². The molecule has 1 aliphatic rings. The largest absolute Gasteiger partial charge is 0.416 e. The lowest BCUT2D eigenvalue weighted by atomic mass is 10.1. The third-order valence-electron chi connectivity index (χ3n) is 3.26. The van der Waals surface area contributed by atoms with Crippen LogP contribution in [0.3, 0.4) is 0 Å². The van der Waals surface area contributed by atoms with Crippen LogP contribution in [0.15, 0.2) is 24.3 Å². The Labute approximate surface area is 105 Å². The van der Waals surface area contributed by atoms with Gasteiger partial charge in [-0.1, -0.05) is 0 Å². The average Bonchev–Trinajstić information content (AvgIpc) is 2.82. The van der Waals surface area contributed by atoms with E-state index in [9.17, 15) is 13.2 Å². The van der Waals surface area contributed by atoms with E-state index in [1.165, 1.54) is 18.6 Å². The van der Waals surface area contributed by atoms with Crippen LogP contribution in [0.4, 0.5) is 18.9 Å². The lowest BCUT2D eigenvalue weighted by Gasteiger charge is -2.11. The highest BCUT2D eigenvalue weighted by Gasteiger charge is 2.29. The fourth-order valence-electron chi connectivity index (χ4n) is 2.16. The van der Waals surface area contributed by atoms with Crippen molar-refractivity contribution >= 4 is 5.69 Å². The monoisotopic (exact) mass is 258 g/mol. The van der Waals surface area contributed by atoms with Crippen LogP contribution in [0.5, 0.6) is 0 Å². The van der Waals surface area contributed by atoms with E-state index in [4.69, 9.17) is 0 Å². The Morgan fingerprint density at radius 1 is 1.22 bits per heavy atom. The van der Waals surface area contributed by atoms with E-state index in [-0.39, 0.29) is 0 Å². The zero-order valence-corrected chi connectivity index (χ0v) is 10.1. The quantitative estimate of drug-likeness (QED) is 0.867. The molecular weight excluding hydrogens is 241 g/mol. The summed E-state index contributed by atoms with van der Waals surface area (Å²) in [7, 11) is 0. The molecule has 2 rings (SSSR count). The summed E-state index contributed by atoms with van der Waals surface area (Å²) in [6.07, 6.45) is -2.02. The highest BCUT2D eigenvalue weighted by molar-refractivity contribution is 5.45. The van der Waals surface area contributed by atoms with Gasteiger partial charge in [-0.15, -0.1) is 0 Å². The molecule has 18 heavy (non-hydrogen) atoms. The lowest BCUT2D eigenvalue weighted by molar-refractivity contribution is -0.137. The first kappa shape index (κ1) is 13.2. The fraction of sp³-hybridized carbons (Fsp3) is 0.538. The molecule has 0 amide bonds. The number of rotatable bonds is 4. The van der Waals surface area contributed by atoms with Crippen molar-refractivity contribution in [1.82, 2.24) is 5.32 Å². The van der Waals surface area contributed by atoms with Crippen molar-refractivity contribution in [3.05, 3.63) is 29.8 Å². The second-order valence-corrected chi connectivity index (χ2v) is 4.65. The third kappa shape index (κ3) is 3.63. The highest BCUT2D eigenvalue weighted by atomic mass is 19.4. The zero-order valence-electron chi connectivity index (χ0n) is 10.1. The Kier molecular flexibility index (Phi) is 4.11. The first-order chi connectivity index (χ1) is 8.55. The number of nitrogens with one attached hydrogen (secondary N) is 2. The molecule has 1 heterocycles. The molecule has 1 aliphatic heterocycles. The van der Waals surface area contributed by atoms with Crippen molar-refractivity contribution in [2.45, 2.75) is 19.0 Å². The van der Waals surface area contributed by atoms with Gasteiger partial charge in [-0.25, -0.2) is 0 Å². The SMILES string of the molecule is FC(F)(F)c1ccc(NCCC2CCNC2)cc1. The molecule has 2 N–H and O–H groups in total. The molecule has 0 aliphatic carbocycles. The molecule has 2 nitrogen and oxygen atoms in total. The molecule has 1 unspecified atom stereocenters. The van der Waals surface area contributed by atoms with Crippen molar-refractivity contribution in [3.8, 4) is 0 Å². The van der Waals surface area contributed by atoms with Crippen LogP contribution in [-0.2, 0) is 6.18 Å². The topological polar surface area (TPSA) is 24.1 Å². The first-order valence-electron chi connectivity index (χ1n) is 6.17. The van der Waals surface area contributed by atoms with Crippen molar-refractivity contribution in [3.63, 3.8) is 0 Å². The second-order valence-electron chi connectivity index (χ2n) is 4.65. The van der Waals surface area contributed by atoms with Gasteiger partial charge >= 0.3 is 6.18 Å². The van der Waals surface area contributed by atoms with Gasteiger partial charge < -0.3 is 10.6 Å². The van der Waals surface area contributed by atoms with Crippen LogP contribution in [0.1, 0.15) is 18.4 Å². The molecule has 0 saturated carbocycles. The molecule has 5 heteroatoms. The van der Waals surface area contributed by atoms with Crippen LogP contribution < -0.4 is 10.6 Å². The van der Waals surface area contributed by atoms with Gasteiger partial charge in [0.2, 0.25) is 0 Å². The molecule has 1 fully saturated rings. The van der Waals surface area contributed by atoms with Gasteiger partial charge in [-0.05, 0) is 56.1 Å². The maximum absolute atomic E-state index is 12.3. The molecule has 1 aromatic rings. The molecular formula is C13H17F3N2. The van der Waals surface area contributed by atoms with E-state index in [2.05, 4.69) is 10.6 Å². The van der Waals surface area contributed by atoms with E-state index >= 15 is 0 Å². The van der Waals surface area contributed by atoms with Gasteiger partial charge in [0, 0.05) is 12.2 Å². The number of halogens is 3. The van der Waals surface area contributed by atoms with Gasteiger partial charge in [-0.2, -0.15) is 13.2 Å². The van der Waals surface area contributed by atoms with Gasteiger partial charge in [0.25, 0.3) is 0 Å². The minimum absolute atomic E-state index is 0.604. The number of hydrogen-bond donors (Lipinski definition) is 2. The van der Waals surface area contributed by atoms with Gasteiger partial charge in [-0.3, -0.25) is 0 Å². The van der Waals surface area contributed by atoms with Crippen LogP contribution in [0.25, 0.3) is 0 Å². The molecule has 1 saturated heterocycles. The number of benzene rings is 1. The summed E-state index contributed by atoms with van der Waals surface area (Å²) in [5, 5.41) is 6.45. The first-order valence-corrected chi connectivity index (χ1v) is 6.17. The van der Waals surface area contributed by atoms with E-state index in [1.807, 2.05) is 0 Å². The third-order valence-corrected chi connectivity index (χ3v) is 3.26. The molecule has 0 bridgehead atoms. The van der Waals surface area contributed by atoms with E-state index in [0.717, 1.165) is 43.9 Å². The summed E-state index contributed by atoms with van der Waals surface area (Å²) in [6, 6.07) is 5.18. The Bertz CT molecular complexity index is 367. The maximum atomic E-state index is 12.3. The average molecular weight is 258 g/mol. The van der Waals surface area contributed by atoms with E-state index in [0.29, 0.717) is 5.92 Å². The normalized spacial score (nSPS) is 20.1. The summed E-state index contributed by atoms with van der Waals surface area (Å²) in [4.78, 5) is 0. The summed E-state index contributed by atoms with van der Waals surface area (Å²) >= 11 is 0. The summed E-state index contributed by atoms with van der Waals surface area (Å²) in [5.41, 5.74) is 0.141. The zero-order chi connectivity index (χ0) is 13.0. The molecule has 1 atom stereocenters. The summed E-state index contributed by atoms with van der Waals surface area (Å²) in [6.45, 7) is 2.93. The minimum atomic E-state index is -4.26. The van der Waals surface area contributed by atoms with E-state index < -0.39 is 11.7 Å². The minimum Gasteiger partial charge on any atom is -0.385 e. The van der Waals surface area contributed by atoms with E-state index in [1.54, 1.807) is 0 Å². The molecule has 0 aromatic heterocycles. The van der Waals surface area contributed by atoms with Gasteiger partial charge in [0.15, 0.2) is 0 Å². The molecule has 0 spiro atoms. The van der Waals surface area contributed by atoms with Crippen LogP contribution in [0, 0.1) is 5.92 Å². The predicted molar refractivity (Wildman–Crippen MR) is 65.5 cm³/mol. The predicted octanol–water partition coefficient (Wildman–Crippen LogP) is 3.12. The second kappa shape index (κ2) is 5.61. The van der Waals surface area contributed by atoms with Crippen LogP contribution >= 0.6 is 0 Å². The van der Waals surface area contributed by atoms with Crippen molar-refractivity contribution in [2.24, 2.45) is 5.92 Å². The fourth-order valence-corrected chi connectivity index (χ4v) is 2.16. The highest BCUT2D eigenvalue weighted by Crippen LogP contribution is 2.29. The van der Waals surface area contributed by atoms with Crippen LogP contribution in [0.2, 0.25) is 0 Å². The number of hydrogen-bond acceptors (Lipinski definition) is 2. The van der Waals surface area contributed by atoms with Gasteiger partial charge in [0.05, 0.1) is 5.56 Å². The standard InChI is InChI=1S/C13H17F3N2/c14-13(15,16)11-1-3-12(4-2-11)18-8-6-10-5-7-17-9-10/h1-4,10,17-18H,5-9H2. The van der Waals surface area contributed by atoms with Gasteiger partial charge in [0.1, 0.15) is 0 Å². The Morgan fingerprint density at radius 2 is 1.94 bits per heavy atom. The maximum Gasteiger partial charge on any atom is 0.416 e. The number of anilines is 1. The Balaban J connectivity index is 1.79. The Morgan fingerprint density at radius 3 is 2.50 bits per heavy atom. The smallest absolute Gasteiger partial charge is 0.385 e. The Hall–Kier alpha value is -1.23. The lowest BCUT2D eigenvalue weighted by Crippen LogP contribution is -2.12. The van der Waals surface area contributed by atoms with Crippen molar-refractivity contribution in [2.75, 3.05) is 25.0 Å².